The minimum atomic E-state index is 0.0392. The fraction of sp³-hybridized carbons (Fsp3) is 0.455. The molecule has 0 bridgehead atoms. The maximum atomic E-state index is 6.20. The molecule has 2 rings (SSSR count). The van der Waals surface area contributed by atoms with Crippen molar-refractivity contribution in [1.82, 2.24) is 0 Å². The van der Waals surface area contributed by atoms with E-state index in [9.17, 15) is 0 Å². The van der Waals surface area contributed by atoms with Gasteiger partial charge >= 0.3 is 0 Å². The maximum absolute atomic E-state index is 6.20. The van der Waals surface area contributed by atoms with Gasteiger partial charge in [-0.05, 0) is 45.2 Å². The van der Waals surface area contributed by atoms with Crippen molar-refractivity contribution in [3.8, 4) is 0 Å². The smallest absolute Gasteiger partial charge is 0.0352 e. The third-order valence-electron chi connectivity index (χ3n) is 4.77. The third-order valence-corrected chi connectivity index (χ3v) is 4.77. The summed E-state index contributed by atoms with van der Waals surface area (Å²) < 4.78 is 0. The molecule has 0 amide bonds. The van der Waals surface area contributed by atoms with Crippen LogP contribution in [0, 0.1) is 0 Å². The highest BCUT2D eigenvalue weighted by Crippen LogP contribution is 2.35. The molecule has 130 valence electrons. The molecular formula is C22H32N2. The van der Waals surface area contributed by atoms with Crippen molar-refractivity contribution in [2.45, 2.75) is 65.2 Å². The van der Waals surface area contributed by atoms with Crippen molar-refractivity contribution in [2.24, 2.45) is 0 Å². The summed E-state index contributed by atoms with van der Waals surface area (Å²) in [5.74, 6) is 0.299. The molecule has 0 aromatic heterocycles. The van der Waals surface area contributed by atoms with Gasteiger partial charge < -0.3 is 11.5 Å². The van der Waals surface area contributed by atoms with Gasteiger partial charge in [0.1, 0.15) is 0 Å². The molecule has 0 saturated heterocycles. The summed E-state index contributed by atoms with van der Waals surface area (Å²) >= 11 is 0. The van der Waals surface area contributed by atoms with Crippen LogP contribution < -0.4 is 11.5 Å². The monoisotopic (exact) mass is 324 g/mol. The summed E-state index contributed by atoms with van der Waals surface area (Å²) in [6, 6.07) is 12.9. The van der Waals surface area contributed by atoms with E-state index >= 15 is 0 Å². The van der Waals surface area contributed by atoms with Gasteiger partial charge in [-0.15, -0.1) is 0 Å². The van der Waals surface area contributed by atoms with Gasteiger partial charge in [0.05, 0.1) is 0 Å². The molecule has 0 fully saturated rings. The molecule has 4 N–H and O–H groups in total. The molecule has 0 atom stereocenters. The minimum Gasteiger partial charge on any atom is -0.398 e. The molecule has 0 aliphatic carbocycles. The Morgan fingerprint density at radius 2 is 1.00 bits per heavy atom. The van der Waals surface area contributed by atoms with E-state index in [0.29, 0.717) is 5.92 Å². The highest BCUT2D eigenvalue weighted by atomic mass is 14.6. The van der Waals surface area contributed by atoms with Crippen molar-refractivity contribution in [1.29, 1.82) is 0 Å². The van der Waals surface area contributed by atoms with E-state index in [4.69, 9.17) is 11.5 Å². The zero-order chi connectivity index (χ0) is 18.3. The quantitative estimate of drug-likeness (QED) is 0.707. The van der Waals surface area contributed by atoms with E-state index in [0.717, 1.165) is 11.4 Å². The van der Waals surface area contributed by atoms with Crippen LogP contribution in [-0.2, 0) is 10.8 Å². The van der Waals surface area contributed by atoms with E-state index < -0.39 is 0 Å². The van der Waals surface area contributed by atoms with E-state index in [1.165, 1.54) is 22.3 Å². The van der Waals surface area contributed by atoms with Crippen LogP contribution in [0.2, 0.25) is 0 Å². The molecule has 0 radical (unpaired) electrons. The van der Waals surface area contributed by atoms with Gasteiger partial charge in [0.25, 0.3) is 0 Å². The van der Waals surface area contributed by atoms with Crippen LogP contribution in [0.3, 0.4) is 0 Å². The highest BCUT2D eigenvalue weighted by molar-refractivity contribution is 5.56. The molecule has 0 unspecified atom stereocenters. The first-order chi connectivity index (χ1) is 10.9. The number of nitrogens with two attached hydrogens (primary N) is 2. The first-order valence-electron chi connectivity index (χ1n) is 8.71. The maximum Gasteiger partial charge on any atom is 0.0352 e. The zero-order valence-electron chi connectivity index (χ0n) is 16.2. The average molecular weight is 325 g/mol. The van der Waals surface area contributed by atoms with Crippen molar-refractivity contribution < 1.29 is 0 Å². The summed E-state index contributed by atoms with van der Waals surface area (Å²) in [5.41, 5.74) is 19.2. The van der Waals surface area contributed by atoms with Crippen molar-refractivity contribution in [3.05, 3.63) is 58.7 Å². The lowest BCUT2D eigenvalue weighted by Crippen LogP contribution is -2.16. The van der Waals surface area contributed by atoms with Gasteiger partial charge in [0, 0.05) is 17.3 Å². The van der Waals surface area contributed by atoms with E-state index in [1.807, 2.05) is 12.1 Å². The lowest BCUT2D eigenvalue weighted by Gasteiger charge is -2.25. The van der Waals surface area contributed by atoms with E-state index in [2.05, 4.69) is 72.7 Å². The highest BCUT2D eigenvalue weighted by Gasteiger charge is 2.21. The topological polar surface area (TPSA) is 52.0 Å². The minimum absolute atomic E-state index is 0.0392. The Labute approximate surface area is 147 Å². The first kappa shape index (κ1) is 18.4. The Kier molecular flexibility index (Phi) is 4.72. The van der Waals surface area contributed by atoms with Crippen LogP contribution >= 0.6 is 0 Å². The predicted molar refractivity (Wildman–Crippen MR) is 107 cm³/mol. The van der Waals surface area contributed by atoms with E-state index in [1.54, 1.807) is 0 Å². The van der Waals surface area contributed by atoms with Crippen LogP contribution in [-0.4, -0.2) is 0 Å². The normalized spacial score (nSPS) is 12.7. The molecular weight excluding hydrogens is 292 g/mol. The standard InChI is InChI=1S/C22H32N2/c1-14(15-8-10-19(23)17(12-15)21(2,3)4)16-9-11-20(24)18(13-16)22(5,6)7/h8-14H,23-24H2,1-7H3. The Hall–Kier alpha value is -1.96. The lowest BCUT2D eigenvalue weighted by molar-refractivity contribution is 0.590. The van der Waals surface area contributed by atoms with Gasteiger partial charge in [-0.2, -0.15) is 0 Å². The van der Waals surface area contributed by atoms with Crippen molar-refractivity contribution in [3.63, 3.8) is 0 Å². The lowest BCUT2D eigenvalue weighted by atomic mass is 9.80. The van der Waals surface area contributed by atoms with Crippen molar-refractivity contribution >= 4 is 11.4 Å². The van der Waals surface area contributed by atoms with Crippen LogP contribution in [0.25, 0.3) is 0 Å². The van der Waals surface area contributed by atoms with Crippen LogP contribution in [0.5, 0.6) is 0 Å². The molecule has 0 aliphatic heterocycles. The summed E-state index contributed by atoms with van der Waals surface area (Å²) in [4.78, 5) is 0. The molecule has 2 nitrogen and oxygen atoms in total. The molecule has 2 heteroatoms. The molecule has 2 aromatic rings. The number of hydrogen-bond donors (Lipinski definition) is 2. The Bertz CT molecular complexity index is 667. The molecule has 0 spiro atoms. The van der Waals surface area contributed by atoms with Crippen LogP contribution in [0.1, 0.15) is 76.6 Å². The van der Waals surface area contributed by atoms with Crippen molar-refractivity contribution in [2.75, 3.05) is 11.5 Å². The summed E-state index contributed by atoms with van der Waals surface area (Å²) in [6.07, 6.45) is 0. The Balaban J connectivity index is 2.48. The van der Waals surface area contributed by atoms with Gasteiger partial charge in [0.15, 0.2) is 0 Å². The molecule has 24 heavy (non-hydrogen) atoms. The Morgan fingerprint density at radius 3 is 1.29 bits per heavy atom. The number of hydrogen-bond acceptors (Lipinski definition) is 2. The largest absolute Gasteiger partial charge is 0.398 e. The number of anilines is 2. The summed E-state index contributed by atoms with van der Waals surface area (Å²) in [7, 11) is 0. The molecule has 0 heterocycles. The fourth-order valence-electron chi connectivity index (χ4n) is 3.18. The van der Waals surface area contributed by atoms with Gasteiger partial charge in [-0.25, -0.2) is 0 Å². The number of nitrogen functional groups attached to an aromatic ring is 2. The third kappa shape index (κ3) is 3.75. The fourth-order valence-corrected chi connectivity index (χ4v) is 3.18. The Morgan fingerprint density at radius 1 is 0.667 bits per heavy atom. The van der Waals surface area contributed by atoms with Crippen LogP contribution in [0.4, 0.5) is 11.4 Å². The second-order valence-electron chi connectivity index (χ2n) is 8.92. The second kappa shape index (κ2) is 6.16. The van der Waals surface area contributed by atoms with Gasteiger partial charge in [-0.3, -0.25) is 0 Å². The SMILES string of the molecule is CC(c1ccc(N)c(C(C)(C)C)c1)c1ccc(N)c(C(C)(C)C)c1. The van der Waals surface area contributed by atoms with E-state index in [-0.39, 0.29) is 10.8 Å². The molecule has 0 saturated carbocycles. The molecule has 2 aromatic carbocycles. The number of rotatable bonds is 2. The molecule has 0 aliphatic rings. The first-order valence-corrected chi connectivity index (χ1v) is 8.71. The predicted octanol–water partition coefficient (Wildman–Crippen LogP) is 5.60. The van der Waals surface area contributed by atoms with Gasteiger partial charge in [0.2, 0.25) is 0 Å². The number of benzene rings is 2. The van der Waals surface area contributed by atoms with Gasteiger partial charge in [-0.1, -0.05) is 72.7 Å². The van der Waals surface area contributed by atoms with Crippen LogP contribution in [0.15, 0.2) is 36.4 Å². The summed E-state index contributed by atoms with van der Waals surface area (Å²) in [5, 5.41) is 0. The summed E-state index contributed by atoms with van der Waals surface area (Å²) in [6.45, 7) is 15.5. The zero-order valence-corrected chi connectivity index (χ0v) is 16.2. The second-order valence-corrected chi connectivity index (χ2v) is 8.92. The average Bonchev–Trinajstić information content (AvgIpc) is 2.45.